The Labute approximate surface area is 154 Å². The van der Waals surface area contributed by atoms with Gasteiger partial charge in [0.25, 0.3) is 0 Å². The number of nitrogens with zero attached hydrogens (tertiary/aromatic N) is 3. The number of carbonyl (C=O) groups excluding carboxylic acids is 1. The SMILES string of the molecule is CN(C)C(=O)CN1CCC[C@H](c2cccc(Cc3ccccc3F)n2)C1. The summed E-state index contributed by atoms with van der Waals surface area (Å²) in [5.41, 5.74) is 2.59. The van der Waals surface area contributed by atoms with Gasteiger partial charge in [-0.15, -0.1) is 0 Å². The fraction of sp³-hybridized carbons (Fsp3) is 0.429. The van der Waals surface area contributed by atoms with Gasteiger partial charge in [0.05, 0.1) is 6.54 Å². The lowest BCUT2D eigenvalue weighted by molar-refractivity contribution is -0.130. The summed E-state index contributed by atoms with van der Waals surface area (Å²) in [6.45, 7) is 2.25. The maximum atomic E-state index is 13.9. The Bertz CT molecular complexity index is 762. The summed E-state index contributed by atoms with van der Waals surface area (Å²) in [4.78, 5) is 20.6. The normalized spacial score (nSPS) is 17.9. The van der Waals surface area contributed by atoms with E-state index in [9.17, 15) is 9.18 Å². The highest BCUT2D eigenvalue weighted by atomic mass is 19.1. The van der Waals surface area contributed by atoms with Crippen molar-refractivity contribution < 1.29 is 9.18 Å². The molecule has 2 heterocycles. The van der Waals surface area contributed by atoms with Crippen LogP contribution >= 0.6 is 0 Å². The zero-order valence-corrected chi connectivity index (χ0v) is 15.5. The van der Waals surface area contributed by atoms with Crippen molar-refractivity contribution in [2.24, 2.45) is 0 Å². The first-order chi connectivity index (χ1) is 12.5. The number of halogens is 1. The summed E-state index contributed by atoms with van der Waals surface area (Å²) in [5, 5.41) is 0. The van der Waals surface area contributed by atoms with Gasteiger partial charge in [-0.25, -0.2) is 4.39 Å². The quantitative estimate of drug-likeness (QED) is 0.827. The van der Waals surface area contributed by atoms with Gasteiger partial charge in [-0.05, 0) is 43.1 Å². The van der Waals surface area contributed by atoms with Crippen molar-refractivity contribution in [2.75, 3.05) is 33.7 Å². The summed E-state index contributed by atoms with van der Waals surface area (Å²) in [5.74, 6) is 0.261. The number of hydrogen-bond acceptors (Lipinski definition) is 3. The first-order valence-corrected chi connectivity index (χ1v) is 9.14. The van der Waals surface area contributed by atoms with E-state index in [1.807, 2.05) is 24.3 Å². The summed E-state index contributed by atoms with van der Waals surface area (Å²) in [6, 6.07) is 12.8. The van der Waals surface area contributed by atoms with Crippen molar-refractivity contribution in [1.29, 1.82) is 0 Å². The van der Waals surface area contributed by atoms with Gasteiger partial charge in [0.15, 0.2) is 0 Å². The standard InChI is InChI=1S/C21H26FN3O/c1-24(2)21(26)15-25-12-6-8-17(14-25)20-11-5-9-18(23-20)13-16-7-3-4-10-19(16)22/h3-5,7,9-11,17H,6,8,12-15H2,1-2H3/t17-/m0/s1. The Morgan fingerprint density at radius 1 is 1.23 bits per heavy atom. The molecule has 5 heteroatoms. The summed E-state index contributed by atoms with van der Waals surface area (Å²) in [7, 11) is 3.58. The smallest absolute Gasteiger partial charge is 0.236 e. The van der Waals surface area contributed by atoms with Crippen LogP contribution < -0.4 is 0 Å². The number of likely N-dealkylation sites (tertiary alicyclic amines) is 1. The highest BCUT2D eigenvalue weighted by Gasteiger charge is 2.24. The predicted octanol–water partition coefficient (Wildman–Crippen LogP) is 3.08. The van der Waals surface area contributed by atoms with Gasteiger partial charge >= 0.3 is 0 Å². The van der Waals surface area contributed by atoms with E-state index >= 15 is 0 Å². The molecule has 1 aromatic heterocycles. The average Bonchev–Trinajstić information content (AvgIpc) is 2.64. The molecule has 0 radical (unpaired) electrons. The van der Waals surface area contributed by atoms with E-state index < -0.39 is 0 Å². The van der Waals surface area contributed by atoms with Gasteiger partial charge in [0.2, 0.25) is 5.91 Å². The second kappa shape index (κ2) is 8.41. The van der Waals surface area contributed by atoms with E-state index in [-0.39, 0.29) is 11.7 Å². The fourth-order valence-corrected chi connectivity index (χ4v) is 3.43. The van der Waals surface area contributed by atoms with Crippen molar-refractivity contribution in [2.45, 2.75) is 25.2 Å². The molecule has 0 N–H and O–H groups in total. The number of hydrogen-bond donors (Lipinski definition) is 0. The summed E-state index contributed by atoms with van der Waals surface area (Å²) in [6.07, 6.45) is 2.63. The van der Waals surface area contributed by atoms with Crippen LogP contribution in [-0.4, -0.2) is 54.4 Å². The van der Waals surface area contributed by atoms with Crippen LogP contribution in [0, 0.1) is 5.82 Å². The molecule has 1 fully saturated rings. The molecule has 0 aliphatic carbocycles. The van der Waals surface area contributed by atoms with Crippen LogP contribution in [0.5, 0.6) is 0 Å². The highest BCUT2D eigenvalue weighted by Crippen LogP contribution is 2.26. The molecule has 1 atom stereocenters. The number of pyridine rings is 1. The second-order valence-electron chi connectivity index (χ2n) is 7.18. The van der Waals surface area contributed by atoms with E-state index in [4.69, 9.17) is 4.98 Å². The average molecular weight is 355 g/mol. The van der Waals surface area contributed by atoms with Crippen LogP contribution in [0.2, 0.25) is 0 Å². The van der Waals surface area contributed by atoms with Gasteiger partial charge < -0.3 is 4.90 Å². The van der Waals surface area contributed by atoms with Crippen molar-refractivity contribution in [3.63, 3.8) is 0 Å². The Balaban J connectivity index is 1.69. The Morgan fingerprint density at radius 3 is 2.81 bits per heavy atom. The van der Waals surface area contributed by atoms with Gasteiger partial charge in [-0.1, -0.05) is 24.3 Å². The Morgan fingerprint density at radius 2 is 2.04 bits per heavy atom. The Kier molecular flexibility index (Phi) is 5.99. The van der Waals surface area contributed by atoms with Crippen molar-refractivity contribution in [1.82, 2.24) is 14.8 Å². The van der Waals surface area contributed by atoms with Crippen molar-refractivity contribution in [3.05, 3.63) is 65.2 Å². The molecule has 1 aromatic carbocycles. The predicted molar refractivity (Wildman–Crippen MR) is 101 cm³/mol. The van der Waals surface area contributed by atoms with Crippen LogP contribution in [0.25, 0.3) is 0 Å². The van der Waals surface area contributed by atoms with E-state index in [0.29, 0.717) is 24.4 Å². The lowest BCUT2D eigenvalue weighted by Gasteiger charge is -2.32. The zero-order chi connectivity index (χ0) is 18.5. The second-order valence-corrected chi connectivity index (χ2v) is 7.18. The van der Waals surface area contributed by atoms with E-state index in [1.54, 1.807) is 31.1 Å². The molecule has 0 saturated carbocycles. The minimum absolute atomic E-state index is 0.131. The topological polar surface area (TPSA) is 36.4 Å². The lowest BCUT2D eigenvalue weighted by Crippen LogP contribution is -2.41. The monoisotopic (exact) mass is 355 g/mol. The molecule has 1 aliphatic heterocycles. The first kappa shape index (κ1) is 18.5. The number of carbonyl (C=O) groups is 1. The van der Waals surface area contributed by atoms with Crippen molar-refractivity contribution in [3.8, 4) is 0 Å². The third-order valence-electron chi connectivity index (χ3n) is 4.94. The molecule has 26 heavy (non-hydrogen) atoms. The lowest BCUT2D eigenvalue weighted by atomic mass is 9.94. The Hall–Kier alpha value is -2.27. The largest absolute Gasteiger partial charge is 0.348 e. The third-order valence-corrected chi connectivity index (χ3v) is 4.94. The maximum absolute atomic E-state index is 13.9. The van der Waals surface area contributed by atoms with Gasteiger partial charge in [0.1, 0.15) is 5.82 Å². The minimum Gasteiger partial charge on any atom is -0.348 e. The fourth-order valence-electron chi connectivity index (χ4n) is 3.43. The van der Waals surface area contributed by atoms with Gasteiger partial charge in [-0.2, -0.15) is 0 Å². The third kappa shape index (κ3) is 4.67. The summed E-state index contributed by atoms with van der Waals surface area (Å²) < 4.78 is 13.9. The highest BCUT2D eigenvalue weighted by molar-refractivity contribution is 5.77. The van der Waals surface area contributed by atoms with Crippen LogP contribution in [-0.2, 0) is 11.2 Å². The summed E-state index contributed by atoms with van der Waals surface area (Å²) >= 11 is 0. The number of likely N-dealkylation sites (N-methyl/N-ethyl adjacent to an activating group) is 1. The van der Waals surface area contributed by atoms with Crippen LogP contribution in [0.4, 0.5) is 4.39 Å². The van der Waals surface area contributed by atoms with Crippen LogP contribution in [0.3, 0.4) is 0 Å². The molecular weight excluding hydrogens is 329 g/mol. The van der Waals surface area contributed by atoms with E-state index in [0.717, 1.165) is 37.3 Å². The molecule has 3 rings (SSSR count). The number of amides is 1. The molecule has 0 unspecified atom stereocenters. The van der Waals surface area contributed by atoms with Gasteiger partial charge in [-0.3, -0.25) is 14.7 Å². The zero-order valence-electron chi connectivity index (χ0n) is 15.5. The van der Waals surface area contributed by atoms with E-state index in [1.165, 1.54) is 6.07 Å². The van der Waals surface area contributed by atoms with Crippen molar-refractivity contribution >= 4 is 5.91 Å². The molecule has 2 aromatic rings. The molecular formula is C21H26FN3O. The molecule has 1 saturated heterocycles. The molecule has 1 aliphatic rings. The molecule has 138 valence electrons. The number of aromatic nitrogens is 1. The molecule has 1 amide bonds. The van der Waals surface area contributed by atoms with Crippen LogP contribution in [0.1, 0.15) is 35.7 Å². The minimum atomic E-state index is -0.189. The molecule has 0 spiro atoms. The maximum Gasteiger partial charge on any atom is 0.236 e. The molecule has 4 nitrogen and oxygen atoms in total. The first-order valence-electron chi connectivity index (χ1n) is 9.14. The number of piperidine rings is 1. The van der Waals surface area contributed by atoms with E-state index in [2.05, 4.69) is 4.90 Å². The molecule has 0 bridgehead atoms. The number of rotatable bonds is 5. The number of benzene rings is 1. The van der Waals surface area contributed by atoms with Crippen LogP contribution in [0.15, 0.2) is 42.5 Å². The van der Waals surface area contributed by atoms with Gasteiger partial charge in [0, 0.05) is 44.4 Å².